The van der Waals surface area contributed by atoms with Gasteiger partial charge in [-0.25, -0.2) is 18.7 Å². The Kier molecular flexibility index (Phi) is 7.85. The van der Waals surface area contributed by atoms with E-state index >= 15 is 0 Å². The fraction of sp³-hybridized carbons (Fsp3) is 0.417. The molecule has 8 nitrogen and oxygen atoms in total. The number of carbonyl (C=O) groups excluding carboxylic acids is 1. The SMILES string of the molecule is CC(C)(O)Cn1cc(-c2nc(Nc3ccc(SN4CCC(C=O)CC4)cc3F)ncc2C(F)(F)F)cn1. The fourth-order valence-electron chi connectivity index (χ4n) is 3.86. The number of anilines is 2. The number of nitrogens with one attached hydrogen (secondary N) is 1. The van der Waals surface area contributed by atoms with Gasteiger partial charge in [0.1, 0.15) is 17.7 Å². The van der Waals surface area contributed by atoms with E-state index in [-0.39, 0.29) is 29.7 Å². The van der Waals surface area contributed by atoms with Crippen LogP contribution in [0.4, 0.5) is 29.2 Å². The first-order valence-corrected chi connectivity index (χ1v) is 12.3. The van der Waals surface area contributed by atoms with Crippen molar-refractivity contribution in [3.63, 3.8) is 0 Å². The van der Waals surface area contributed by atoms with Gasteiger partial charge < -0.3 is 15.2 Å². The molecule has 1 aromatic carbocycles. The number of nitrogens with zero attached hydrogens (tertiary/aromatic N) is 5. The minimum absolute atomic E-state index is 0.00690. The molecule has 13 heteroatoms. The quantitative estimate of drug-likeness (QED) is 0.237. The summed E-state index contributed by atoms with van der Waals surface area (Å²) in [6, 6.07) is 4.48. The molecule has 0 radical (unpaired) electrons. The number of aromatic nitrogens is 4. The molecule has 2 N–H and O–H groups in total. The first kappa shape index (κ1) is 27.0. The Morgan fingerprint density at radius 3 is 2.57 bits per heavy atom. The Hall–Kier alpha value is -3.03. The van der Waals surface area contributed by atoms with Crippen molar-refractivity contribution < 1.29 is 27.5 Å². The lowest BCUT2D eigenvalue weighted by Crippen LogP contribution is -2.28. The van der Waals surface area contributed by atoms with E-state index in [1.165, 1.54) is 41.2 Å². The van der Waals surface area contributed by atoms with E-state index in [4.69, 9.17) is 0 Å². The molecule has 1 aliphatic rings. The molecule has 2 aromatic heterocycles. The van der Waals surface area contributed by atoms with Crippen LogP contribution in [0.1, 0.15) is 32.3 Å². The number of hydrogen-bond donors (Lipinski definition) is 2. The lowest BCUT2D eigenvalue weighted by Gasteiger charge is -2.28. The average Bonchev–Trinajstić information content (AvgIpc) is 3.27. The maximum Gasteiger partial charge on any atom is 0.419 e. The molecular weight excluding hydrogens is 512 g/mol. The Bertz CT molecular complexity index is 1250. The maximum absolute atomic E-state index is 14.8. The van der Waals surface area contributed by atoms with Crippen molar-refractivity contribution in [2.45, 2.75) is 49.9 Å². The largest absolute Gasteiger partial charge is 0.419 e. The van der Waals surface area contributed by atoms with Crippen molar-refractivity contribution in [2.24, 2.45) is 5.92 Å². The topological polar surface area (TPSA) is 96.2 Å². The van der Waals surface area contributed by atoms with Crippen molar-refractivity contribution in [2.75, 3.05) is 18.4 Å². The summed E-state index contributed by atoms with van der Waals surface area (Å²) in [5.41, 5.74) is -2.52. The highest BCUT2D eigenvalue weighted by atomic mass is 32.2. The molecule has 0 amide bonds. The van der Waals surface area contributed by atoms with E-state index in [1.54, 1.807) is 19.9 Å². The Balaban J connectivity index is 1.54. The Morgan fingerprint density at radius 2 is 1.95 bits per heavy atom. The van der Waals surface area contributed by atoms with Crippen LogP contribution >= 0.6 is 11.9 Å². The molecule has 1 saturated heterocycles. The van der Waals surface area contributed by atoms with Crippen LogP contribution < -0.4 is 5.32 Å². The molecule has 0 aliphatic carbocycles. The monoisotopic (exact) mass is 538 g/mol. The molecule has 4 rings (SSSR count). The van der Waals surface area contributed by atoms with Crippen LogP contribution in [-0.2, 0) is 17.5 Å². The standard InChI is InChI=1S/C24H26F4N6O2S/c1-23(2,36)14-33-12-16(10-30-33)21-18(24(26,27)28)11-29-22(32-21)31-20-4-3-17(9-19(20)25)37-34-7-5-15(13-35)6-8-34/h3-4,9-13,15,36H,5-8,14H2,1-2H3,(H,29,31,32). The van der Waals surface area contributed by atoms with Gasteiger partial charge >= 0.3 is 6.18 Å². The minimum atomic E-state index is -4.73. The highest BCUT2D eigenvalue weighted by Crippen LogP contribution is 2.37. The van der Waals surface area contributed by atoms with Crippen LogP contribution in [0.5, 0.6) is 0 Å². The molecule has 3 aromatic rings. The summed E-state index contributed by atoms with van der Waals surface area (Å²) in [4.78, 5) is 19.3. The number of aldehydes is 1. The lowest BCUT2D eigenvalue weighted by atomic mass is 10.0. The van der Waals surface area contributed by atoms with Gasteiger partial charge in [-0.05, 0) is 56.8 Å². The van der Waals surface area contributed by atoms with E-state index < -0.39 is 28.9 Å². The second-order valence-electron chi connectivity index (χ2n) is 9.45. The van der Waals surface area contributed by atoms with Crippen LogP contribution in [0.25, 0.3) is 11.3 Å². The molecule has 198 valence electrons. The van der Waals surface area contributed by atoms with Gasteiger partial charge in [-0.2, -0.15) is 18.3 Å². The van der Waals surface area contributed by atoms with Crippen molar-refractivity contribution in [3.8, 4) is 11.3 Å². The number of alkyl halides is 3. The van der Waals surface area contributed by atoms with E-state index in [0.29, 0.717) is 24.2 Å². The van der Waals surface area contributed by atoms with E-state index in [2.05, 4.69) is 24.7 Å². The number of benzene rings is 1. The molecule has 0 spiro atoms. The van der Waals surface area contributed by atoms with Gasteiger partial charge in [0.15, 0.2) is 0 Å². The average molecular weight is 539 g/mol. The van der Waals surface area contributed by atoms with Crippen molar-refractivity contribution in [1.82, 2.24) is 24.1 Å². The normalized spacial score (nSPS) is 15.6. The first-order valence-electron chi connectivity index (χ1n) is 11.6. The van der Waals surface area contributed by atoms with Crippen LogP contribution in [-0.4, -0.2) is 54.1 Å². The zero-order valence-corrected chi connectivity index (χ0v) is 21.0. The fourth-order valence-corrected chi connectivity index (χ4v) is 4.84. The number of halogens is 4. The second kappa shape index (κ2) is 10.8. The van der Waals surface area contributed by atoms with Gasteiger partial charge in [0, 0.05) is 41.9 Å². The zero-order valence-electron chi connectivity index (χ0n) is 20.2. The van der Waals surface area contributed by atoms with Gasteiger partial charge in [0.05, 0.1) is 29.7 Å². The number of aliphatic hydroxyl groups is 1. The molecule has 3 heterocycles. The summed E-state index contributed by atoms with van der Waals surface area (Å²) in [6.45, 7) is 4.59. The lowest BCUT2D eigenvalue weighted by molar-refractivity contribution is -0.137. The molecule has 0 atom stereocenters. The minimum Gasteiger partial charge on any atom is -0.389 e. The van der Waals surface area contributed by atoms with E-state index in [0.717, 1.165) is 19.1 Å². The molecule has 1 fully saturated rings. The molecule has 0 saturated carbocycles. The smallest absolute Gasteiger partial charge is 0.389 e. The van der Waals surface area contributed by atoms with Crippen LogP contribution in [0.15, 0.2) is 41.7 Å². The van der Waals surface area contributed by atoms with Crippen LogP contribution in [0.2, 0.25) is 0 Å². The zero-order chi connectivity index (χ0) is 26.8. The molecule has 37 heavy (non-hydrogen) atoms. The van der Waals surface area contributed by atoms with E-state index in [1.807, 2.05) is 0 Å². The molecular formula is C24H26F4N6O2S. The predicted molar refractivity (Wildman–Crippen MR) is 130 cm³/mol. The molecule has 1 aliphatic heterocycles. The summed E-state index contributed by atoms with van der Waals surface area (Å²) in [5, 5.41) is 16.6. The number of carbonyl (C=O) groups is 1. The van der Waals surface area contributed by atoms with Crippen molar-refractivity contribution in [3.05, 3.63) is 48.2 Å². The van der Waals surface area contributed by atoms with Crippen molar-refractivity contribution in [1.29, 1.82) is 0 Å². The summed E-state index contributed by atoms with van der Waals surface area (Å²) in [5.74, 6) is -0.769. The van der Waals surface area contributed by atoms with Gasteiger partial charge in [-0.1, -0.05) is 0 Å². The maximum atomic E-state index is 14.8. The summed E-state index contributed by atoms with van der Waals surface area (Å²) in [6.07, 6.45) is 0.964. The van der Waals surface area contributed by atoms with Gasteiger partial charge in [0.25, 0.3) is 0 Å². The van der Waals surface area contributed by atoms with Crippen molar-refractivity contribution >= 4 is 29.9 Å². The number of hydrogen-bond acceptors (Lipinski definition) is 8. The second-order valence-corrected chi connectivity index (χ2v) is 10.6. The van der Waals surface area contributed by atoms with Crippen LogP contribution in [0.3, 0.4) is 0 Å². The Morgan fingerprint density at radius 1 is 1.22 bits per heavy atom. The third kappa shape index (κ3) is 7.05. The third-order valence-corrected chi connectivity index (χ3v) is 6.75. The highest BCUT2D eigenvalue weighted by molar-refractivity contribution is 7.97. The highest BCUT2D eigenvalue weighted by Gasteiger charge is 2.36. The number of piperidine rings is 1. The third-order valence-electron chi connectivity index (χ3n) is 5.66. The first-order chi connectivity index (χ1) is 17.4. The molecule has 0 unspecified atom stereocenters. The van der Waals surface area contributed by atoms with E-state index in [9.17, 15) is 27.5 Å². The Labute approximate surface area is 215 Å². The van der Waals surface area contributed by atoms with Gasteiger partial charge in [-0.15, -0.1) is 0 Å². The van der Waals surface area contributed by atoms with Crippen LogP contribution in [0, 0.1) is 11.7 Å². The summed E-state index contributed by atoms with van der Waals surface area (Å²) >= 11 is 1.38. The summed E-state index contributed by atoms with van der Waals surface area (Å²) < 4.78 is 59.2. The molecule has 0 bridgehead atoms. The summed E-state index contributed by atoms with van der Waals surface area (Å²) in [7, 11) is 0. The van der Waals surface area contributed by atoms with Gasteiger partial charge in [-0.3, -0.25) is 4.68 Å². The number of rotatable bonds is 8. The predicted octanol–water partition coefficient (Wildman–Crippen LogP) is 4.93. The van der Waals surface area contributed by atoms with Gasteiger partial charge in [0.2, 0.25) is 5.95 Å².